The summed E-state index contributed by atoms with van der Waals surface area (Å²) in [5, 5.41) is 9.15. The molecule has 0 amide bonds. The lowest BCUT2D eigenvalue weighted by molar-refractivity contribution is 0.00936. The Bertz CT molecular complexity index is 643. The van der Waals surface area contributed by atoms with Crippen LogP contribution in [0.1, 0.15) is 111 Å². The van der Waals surface area contributed by atoms with E-state index in [0.29, 0.717) is 10.8 Å². The van der Waals surface area contributed by atoms with Crippen LogP contribution in [0.4, 0.5) is 0 Å². The maximum absolute atomic E-state index is 9.15. The molecule has 28 heavy (non-hydrogen) atoms. The van der Waals surface area contributed by atoms with Crippen LogP contribution in [0.2, 0.25) is 0 Å². The van der Waals surface area contributed by atoms with Gasteiger partial charge in [-0.15, -0.1) is 0 Å². The largest absolute Gasteiger partial charge is 0.516 e. The number of allylic oxidation sites excluding steroid dienone is 3. The summed E-state index contributed by atoms with van der Waals surface area (Å²) < 4.78 is 0. The zero-order valence-electron chi connectivity index (χ0n) is 19.0. The van der Waals surface area contributed by atoms with Gasteiger partial charge in [0.05, 0.1) is 6.26 Å². The number of aliphatic hydroxyl groups excluding tert-OH is 1. The first kappa shape index (κ1) is 20.5. The van der Waals surface area contributed by atoms with E-state index in [1.807, 2.05) is 18.1 Å². The Morgan fingerprint density at radius 2 is 1.93 bits per heavy atom. The first-order valence-electron chi connectivity index (χ1n) is 12.4. The maximum atomic E-state index is 9.15. The van der Waals surface area contributed by atoms with E-state index in [1.165, 1.54) is 83.3 Å². The Labute approximate surface area is 174 Å². The van der Waals surface area contributed by atoms with E-state index in [0.717, 1.165) is 35.7 Å². The molecule has 0 radical (unpaired) electrons. The SMILES string of the molecule is CC(=CO)CCC[C@@H](C)[C@H]1CCC2=C3CCC4CCCC[C@]4(C)[C@H]3CC[C@@]21C. The van der Waals surface area contributed by atoms with Crippen molar-refractivity contribution in [2.75, 3.05) is 0 Å². The highest BCUT2D eigenvalue weighted by molar-refractivity contribution is 5.34. The third-order valence-electron chi connectivity index (χ3n) is 10.1. The summed E-state index contributed by atoms with van der Waals surface area (Å²) in [6, 6.07) is 0. The Kier molecular flexibility index (Phi) is 5.75. The van der Waals surface area contributed by atoms with E-state index in [-0.39, 0.29) is 0 Å². The molecule has 6 atom stereocenters. The lowest BCUT2D eigenvalue weighted by Gasteiger charge is -2.56. The fraction of sp³-hybridized carbons (Fsp3) is 0.852. The minimum absolute atomic E-state index is 0.491. The van der Waals surface area contributed by atoms with Gasteiger partial charge in [0, 0.05) is 0 Å². The summed E-state index contributed by atoms with van der Waals surface area (Å²) >= 11 is 0. The average molecular weight is 385 g/mol. The summed E-state index contributed by atoms with van der Waals surface area (Å²) in [5.41, 5.74) is 6.15. The highest BCUT2D eigenvalue weighted by Crippen LogP contribution is 2.65. The lowest BCUT2D eigenvalue weighted by atomic mass is 9.49. The smallest absolute Gasteiger partial charge is 0.0780 e. The van der Waals surface area contributed by atoms with Gasteiger partial charge in [-0.05, 0) is 111 Å². The molecule has 0 aliphatic heterocycles. The normalized spacial score (nSPS) is 42.0. The van der Waals surface area contributed by atoms with Crippen LogP contribution in [-0.2, 0) is 0 Å². The van der Waals surface area contributed by atoms with Crippen LogP contribution in [0, 0.1) is 34.5 Å². The van der Waals surface area contributed by atoms with Crippen LogP contribution in [0.3, 0.4) is 0 Å². The molecule has 0 heterocycles. The van der Waals surface area contributed by atoms with Gasteiger partial charge in [0.15, 0.2) is 0 Å². The van der Waals surface area contributed by atoms with E-state index in [9.17, 15) is 0 Å². The molecule has 1 nitrogen and oxygen atoms in total. The quantitative estimate of drug-likeness (QED) is 0.373. The Balaban J connectivity index is 1.52. The van der Waals surface area contributed by atoms with E-state index in [2.05, 4.69) is 20.8 Å². The van der Waals surface area contributed by atoms with Crippen molar-refractivity contribution in [3.63, 3.8) is 0 Å². The summed E-state index contributed by atoms with van der Waals surface area (Å²) in [7, 11) is 0. The van der Waals surface area contributed by atoms with Crippen LogP contribution in [0.25, 0.3) is 0 Å². The van der Waals surface area contributed by atoms with Gasteiger partial charge in [0.25, 0.3) is 0 Å². The first-order valence-corrected chi connectivity index (χ1v) is 12.4. The van der Waals surface area contributed by atoms with Crippen LogP contribution < -0.4 is 0 Å². The minimum Gasteiger partial charge on any atom is -0.516 e. The molecule has 3 saturated carbocycles. The molecule has 0 saturated heterocycles. The number of fused-ring (bicyclic) bond motifs is 4. The lowest BCUT2D eigenvalue weighted by Crippen LogP contribution is -2.46. The third-order valence-corrected chi connectivity index (χ3v) is 10.1. The molecule has 158 valence electrons. The van der Waals surface area contributed by atoms with Crippen LogP contribution in [0.15, 0.2) is 23.0 Å². The van der Waals surface area contributed by atoms with Gasteiger partial charge >= 0.3 is 0 Å². The Morgan fingerprint density at radius 3 is 2.71 bits per heavy atom. The summed E-state index contributed by atoms with van der Waals surface area (Å²) in [5.74, 6) is 3.62. The molecule has 0 aromatic carbocycles. The molecular formula is C27H44O. The molecule has 4 rings (SSSR count). The second kappa shape index (κ2) is 7.84. The van der Waals surface area contributed by atoms with Gasteiger partial charge in [-0.1, -0.05) is 51.2 Å². The van der Waals surface area contributed by atoms with Gasteiger partial charge < -0.3 is 5.11 Å². The molecule has 0 aromatic rings. The third kappa shape index (κ3) is 3.29. The van der Waals surface area contributed by atoms with Crippen LogP contribution in [-0.4, -0.2) is 5.11 Å². The predicted octanol–water partition coefficient (Wildman–Crippen LogP) is 8.37. The Hall–Kier alpha value is -0.720. The van der Waals surface area contributed by atoms with Crippen molar-refractivity contribution < 1.29 is 5.11 Å². The molecule has 0 aromatic heterocycles. The van der Waals surface area contributed by atoms with Crippen molar-refractivity contribution >= 4 is 0 Å². The highest BCUT2D eigenvalue weighted by Gasteiger charge is 2.54. The van der Waals surface area contributed by atoms with Crippen molar-refractivity contribution in [2.45, 2.75) is 111 Å². The average Bonchev–Trinajstić information content (AvgIpc) is 3.04. The van der Waals surface area contributed by atoms with E-state index in [1.54, 1.807) is 0 Å². The van der Waals surface area contributed by atoms with Crippen molar-refractivity contribution in [1.29, 1.82) is 0 Å². The molecule has 0 bridgehead atoms. The van der Waals surface area contributed by atoms with E-state index >= 15 is 0 Å². The highest BCUT2D eigenvalue weighted by atomic mass is 16.2. The molecule has 0 spiro atoms. The molecule has 1 unspecified atom stereocenters. The minimum atomic E-state index is 0.491. The first-order chi connectivity index (χ1) is 13.4. The number of rotatable bonds is 5. The zero-order valence-corrected chi connectivity index (χ0v) is 19.0. The van der Waals surface area contributed by atoms with E-state index < -0.39 is 0 Å². The van der Waals surface area contributed by atoms with Crippen LogP contribution in [0.5, 0.6) is 0 Å². The van der Waals surface area contributed by atoms with Gasteiger partial charge in [-0.2, -0.15) is 0 Å². The number of aliphatic hydroxyl groups is 1. The van der Waals surface area contributed by atoms with Gasteiger partial charge in [0.1, 0.15) is 0 Å². The molecule has 3 fully saturated rings. The predicted molar refractivity (Wildman–Crippen MR) is 119 cm³/mol. The monoisotopic (exact) mass is 384 g/mol. The van der Waals surface area contributed by atoms with E-state index in [4.69, 9.17) is 5.11 Å². The fourth-order valence-corrected chi connectivity index (χ4v) is 8.45. The van der Waals surface area contributed by atoms with Gasteiger partial charge in [0.2, 0.25) is 0 Å². The Morgan fingerprint density at radius 1 is 1.11 bits per heavy atom. The molecule has 4 aliphatic rings. The van der Waals surface area contributed by atoms with Crippen molar-refractivity contribution in [3.8, 4) is 0 Å². The second-order valence-corrected chi connectivity index (χ2v) is 11.5. The van der Waals surface area contributed by atoms with Gasteiger partial charge in [-0.25, -0.2) is 0 Å². The molecule has 4 aliphatic carbocycles. The molecule has 1 heteroatoms. The van der Waals surface area contributed by atoms with Crippen molar-refractivity contribution in [2.24, 2.45) is 34.5 Å². The summed E-state index contributed by atoms with van der Waals surface area (Å²) in [6.45, 7) is 9.89. The fourth-order valence-electron chi connectivity index (χ4n) is 8.45. The zero-order chi connectivity index (χ0) is 19.9. The summed E-state index contributed by atoms with van der Waals surface area (Å²) in [6.07, 6.45) is 19.5. The second-order valence-electron chi connectivity index (χ2n) is 11.5. The van der Waals surface area contributed by atoms with Crippen LogP contribution >= 0.6 is 0 Å². The van der Waals surface area contributed by atoms with Crippen molar-refractivity contribution in [1.82, 2.24) is 0 Å². The standard InChI is InChI=1S/C27H44O/c1-19(18-28)8-7-9-20(2)23-13-14-24-22-12-11-21-10-5-6-16-26(21,3)25(22)15-17-27(23,24)4/h18,20-21,23,25,28H,5-17H2,1-4H3/t20-,21?,23-,25+,26+,27-/m1/s1. The maximum Gasteiger partial charge on any atom is 0.0780 e. The van der Waals surface area contributed by atoms with Gasteiger partial charge in [-0.3, -0.25) is 0 Å². The topological polar surface area (TPSA) is 20.2 Å². The number of hydrogen-bond donors (Lipinski definition) is 1. The van der Waals surface area contributed by atoms with Crippen molar-refractivity contribution in [3.05, 3.63) is 23.0 Å². The number of hydrogen-bond acceptors (Lipinski definition) is 1. The molecule has 1 N–H and O–H groups in total. The summed E-state index contributed by atoms with van der Waals surface area (Å²) in [4.78, 5) is 0. The molecular weight excluding hydrogens is 340 g/mol.